The van der Waals surface area contributed by atoms with Crippen LogP contribution in [0.3, 0.4) is 0 Å². The third-order valence-electron chi connectivity index (χ3n) is 3.02. The Bertz CT molecular complexity index is 882. The molecule has 5 nitrogen and oxygen atoms in total. The number of nitrogens with one attached hydrogen (secondary N) is 1. The van der Waals surface area contributed by atoms with Crippen LogP contribution in [0.2, 0.25) is 15.2 Å². The number of aromatic nitrogens is 3. The molecular formula is C15H9Cl3N4OS2. The highest BCUT2D eigenvalue weighted by molar-refractivity contribution is 8.00. The van der Waals surface area contributed by atoms with Crippen LogP contribution >= 0.6 is 57.9 Å². The van der Waals surface area contributed by atoms with Gasteiger partial charge in [0, 0.05) is 22.0 Å². The van der Waals surface area contributed by atoms with Gasteiger partial charge in [0.2, 0.25) is 5.13 Å². The second-order valence-electron chi connectivity index (χ2n) is 4.69. The Hall–Kier alpha value is -1.38. The Balaban J connectivity index is 1.62. The van der Waals surface area contributed by atoms with E-state index in [-0.39, 0.29) is 5.91 Å². The van der Waals surface area contributed by atoms with Crippen molar-refractivity contribution in [1.82, 2.24) is 15.2 Å². The molecule has 0 fully saturated rings. The zero-order chi connectivity index (χ0) is 17.8. The van der Waals surface area contributed by atoms with Gasteiger partial charge in [0.25, 0.3) is 5.91 Å². The van der Waals surface area contributed by atoms with Crippen molar-refractivity contribution in [2.45, 2.75) is 10.1 Å². The van der Waals surface area contributed by atoms with Crippen LogP contribution in [0.1, 0.15) is 15.9 Å². The zero-order valence-corrected chi connectivity index (χ0v) is 16.3. The summed E-state index contributed by atoms with van der Waals surface area (Å²) >= 11 is 20.7. The van der Waals surface area contributed by atoms with E-state index in [1.165, 1.54) is 29.3 Å². The first-order valence-electron chi connectivity index (χ1n) is 6.85. The Morgan fingerprint density at radius 2 is 1.88 bits per heavy atom. The number of pyridine rings is 1. The molecule has 0 aliphatic carbocycles. The summed E-state index contributed by atoms with van der Waals surface area (Å²) in [6, 6.07) is 8.50. The van der Waals surface area contributed by atoms with Crippen molar-refractivity contribution >= 4 is 68.9 Å². The number of carbonyl (C=O) groups is 1. The summed E-state index contributed by atoms with van der Waals surface area (Å²) < 4.78 is 0.695. The molecule has 0 spiro atoms. The molecule has 25 heavy (non-hydrogen) atoms. The second-order valence-corrected chi connectivity index (χ2v) is 8.09. The van der Waals surface area contributed by atoms with Gasteiger partial charge in [0.05, 0.1) is 5.56 Å². The van der Waals surface area contributed by atoms with Crippen molar-refractivity contribution in [2.24, 2.45) is 0 Å². The smallest absolute Gasteiger partial charge is 0.259 e. The van der Waals surface area contributed by atoms with Gasteiger partial charge >= 0.3 is 0 Å². The maximum absolute atomic E-state index is 12.1. The van der Waals surface area contributed by atoms with Gasteiger partial charge in [0.15, 0.2) is 4.34 Å². The fourth-order valence-electron chi connectivity index (χ4n) is 1.80. The highest BCUT2D eigenvalue weighted by Crippen LogP contribution is 2.33. The molecule has 0 aliphatic rings. The van der Waals surface area contributed by atoms with E-state index >= 15 is 0 Å². The minimum atomic E-state index is -0.328. The first kappa shape index (κ1) is 18.4. The monoisotopic (exact) mass is 430 g/mol. The lowest BCUT2D eigenvalue weighted by Gasteiger charge is -2.04. The molecule has 0 unspecified atom stereocenters. The van der Waals surface area contributed by atoms with E-state index in [0.717, 1.165) is 5.56 Å². The predicted molar refractivity (Wildman–Crippen MR) is 103 cm³/mol. The molecular weight excluding hydrogens is 423 g/mol. The average Bonchev–Trinajstić information content (AvgIpc) is 3.02. The van der Waals surface area contributed by atoms with Gasteiger partial charge in [0.1, 0.15) is 5.15 Å². The molecule has 0 radical (unpaired) electrons. The average molecular weight is 432 g/mol. The number of benzene rings is 1. The van der Waals surface area contributed by atoms with E-state index < -0.39 is 0 Å². The molecule has 10 heteroatoms. The van der Waals surface area contributed by atoms with E-state index in [1.54, 1.807) is 30.3 Å². The predicted octanol–water partition coefficient (Wildman–Crippen LogP) is 5.44. The fraction of sp³-hybridized carbons (Fsp3) is 0.0667. The quantitative estimate of drug-likeness (QED) is 0.331. The minimum absolute atomic E-state index is 0.324. The first-order valence-corrected chi connectivity index (χ1v) is 9.78. The normalized spacial score (nSPS) is 10.7. The van der Waals surface area contributed by atoms with Gasteiger partial charge in [-0.3, -0.25) is 10.1 Å². The van der Waals surface area contributed by atoms with E-state index in [4.69, 9.17) is 34.8 Å². The van der Waals surface area contributed by atoms with E-state index in [9.17, 15) is 4.79 Å². The number of anilines is 1. The summed E-state index contributed by atoms with van der Waals surface area (Å²) in [7, 11) is 0. The number of halogens is 3. The molecule has 0 aliphatic heterocycles. The molecule has 3 rings (SSSR count). The molecule has 2 aromatic heterocycles. The van der Waals surface area contributed by atoms with Gasteiger partial charge in [-0.1, -0.05) is 64.0 Å². The molecule has 128 valence electrons. The summed E-state index contributed by atoms with van der Waals surface area (Å²) in [5.41, 5.74) is 1.22. The Morgan fingerprint density at radius 1 is 1.12 bits per heavy atom. The molecule has 0 bridgehead atoms. The lowest BCUT2D eigenvalue weighted by Crippen LogP contribution is -2.11. The van der Waals surface area contributed by atoms with Gasteiger partial charge in [-0.25, -0.2) is 4.98 Å². The van der Waals surface area contributed by atoms with Gasteiger partial charge in [-0.2, -0.15) is 0 Å². The SMILES string of the molecule is O=C(Nc1nnc(SCc2c(Cl)cccc2Cl)s1)c1ccc(Cl)nc1. The maximum Gasteiger partial charge on any atom is 0.259 e. The standard InChI is InChI=1S/C15H9Cl3N4OS2/c16-10-2-1-3-11(17)9(10)7-24-15-22-21-14(25-15)20-13(23)8-4-5-12(18)19-6-8/h1-6H,7H2,(H,20,21,23). The third-order valence-corrected chi connectivity index (χ3v) is 5.95. The Labute approximate surface area is 166 Å². The van der Waals surface area contributed by atoms with Crippen LogP contribution in [0.4, 0.5) is 5.13 Å². The van der Waals surface area contributed by atoms with E-state index in [2.05, 4.69) is 20.5 Å². The molecule has 1 aromatic carbocycles. The highest BCUT2D eigenvalue weighted by atomic mass is 35.5. The molecule has 0 saturated carbocycles. The Kier molecular flexibility index (Phi) is 6.14. The third kappa shape index (κ3) is 4.83. The molecule has 3 aromatic rings. The van der Waals surface area contributed by atoms with E-state index in [0.29, 0.717) is 36.0 Å². The minimum Gasteiger partial charge on any atom is -0.296 e. The lowest BCUT2D eigenvalue weighted by atomic mass is 10.2. The van der Waals surface area contributed by atoms with Gasteiger partial charge in [-0.15, -0.1) is 10.2 Å². The number of hydrogen-bond acceptors (Lipinski definition) is 6. The van der Waals surface area contributed by atoms with Crippen molar-refractivity contribution in [2.75, 3.05) is 5.32 Å². The number of amides is 1. The molecule has 0 atom stereocenters. The molecule has 1 amide bonds. The first-order chi connectivity index (χ1) is 12.0. The number of carbonyl (C=O) groups excluding carboxylic acids is 1. The topological polar surface area (TPSA) is 67.8 Å². The Morgan fingerprint density at radius 3 is 2.56 bits per heavy atom. The summed E-state index contributed by atoms with van der Waals surface area (Å²) in [5.74, 6) is 0.230. The van der Waals surface area contributed by atoms with E-state index in [1.807, 2.05) is 0 Å². The van der Waals surface area contributed by atoms with Crippen LogP contribution in [0.25, 0.3) is 0 Å². The van der Waals surface area contributed by atoms with Crippen LogP contribution in [0, 0.1) is 0 Å². The van der Waals surface area contributed by atoms with Crippen LogP contribution < -0.4 is 5.32 Å². The maximum atomic E-state index is 12.1. The van der Waals surface area contributed by atoms with Gasteiger partial charge < -0.3 is 0 Å². The number of hydrogen-bond donors (Lipinski definition) is 1. The van der Waals surface area contributed by atoms with Crippen LogP contribution in [-0.4, -0.2) is 21.1 Å². The number of rotatable bonds is 5. The second kappa shape index (κ2) is 8.33. The summed E-state index contributed by atoms with van der Waals surface area (Å²) in [6.07, 6.45) is 1.40. The van der Waals surface area contributed by atoms with Crippen molar-refractivity contribution in [1.29, 1.82) is 0 Å². The molecule has 1 N–H and O–H groups in total. The van der Waals surface area contributed by atoms with Crippen molar-refractivity contribution in [3.63, 3.8) is 0 Å². The van der Waals surface area contributed by atoms with Crippen molar-refractivity contribution in [3.8, 4) is 0 Å². The van der Waals surface area contributed by atoms with Crippen LogP contribution in [0.5, 0.6) is 0 Å². The van der Waals surface area contributed by atoms with Crippen LogP contribution in [0.15, 0.2) is 40.9 Å². The van der Waals surface area contributed by atoms with Crippen molar-refractivity contribution < 1.29 is 4.79 Å². The number of nitrogens with zero attached hydrogens (tertiary/aromatic N) is 3. The lowest BCUT2D eigenvalue weighted by molar-refractivity contribution is 0.102. The van der Waals surface area contributed by atoms with Gasteiger partial charge in [-0.05, 0) is 29.8 Å². The largest absolute Gasteiger partial charge is 0.296 e. The zero-order valence-electron chi connectivity index (χ0n) is 12.4. The van der Waals surface area contributed by atoms with Crippen molar-refractivity contribution in [3.05, 3.63) is 62.9 Å². The molecule has 0 saturated heterocycles. The summed E-state index contributed by atoms with van der Waals surface area (Å²) in [6.45, 7) is 0. The van der Waals surface area contributed by atoms with Crippen LogP contribution in [-0.2, 0) is 5.75 Å². The summed E-state index contributed by atoms with van der Waals surface area (Å²) in [4.78, 5) is 16.0. The summed E-state index contributed by atoms with van der Waals surface area (Å²) in [5, 5.41) is 12.6. The fourth-order valence-corrected chi connectivity index (χ4v) is 4.40. The molecule has 2 heterocycles. The number of thioether (sulfide) groups is 1. The highest BCUT2D eigenvalue weighted by Gasteiger charge is 2.12.